The molecule has 4 heteroatoms. The van der Waals surface area contributed by atoms with Crippen LogP contribution in [0.3, 0.4) is 0 Å². The molecule has 0 aromatic heterocycles. The van der Waals surface area contributed by atoms with Gasteiger partial charge in [-0.2, -0.15) is 0 Å². The molecule has 0 saturated carbocycles. The zero-order chi connectivity index (χ0) is 11.3. The number of nitrogens with one attached hydrogen (secondary N) is 1. The highest BCUT2D eigenvalue weighted by Gasteiger charge is 2.05. The summed E-state index contributed by atoms with van der Waals surface area (Å²) in [7, 11) is 1.62. The Morgan fingerprint density at radius 1 is 1.47 bits per heavy atom. The largest absolute Gasteiger partial charge is 0.497 e. The first-order valence-electron chi connectivity index (χ1n) is 4.79. The molecule has 0 aliphatic rings. The maximum atomic E-state index is 11.2. The van der Waals surface area contributed by atoms with Crippen LogP contribution >= 0.6 is 0 Å². The van der Waals surface area contributed by atoms with E-state index in [4.69, 9.17) is 10.5 Å². The standard InChI is InChI=1S/C11H16N2O2/c1-8(12)11(14)13-7-9-3-5-10(15-2)6-4-9/h3-6,8H,7,12H2,1-2H3,(H,13,14). The molecule has 82 valence electrons. The van der Waals surface area contributed by atoms with Crippen LogP contribution in [0.15, 0.2) is 24.3 Å². The lowest BCUT2D eigenvalue weighted by atomic mass is 10.2. The Morgan fingerprint density at radius 2 is 2.07 bits per heavy atom. The average Bonchev–Trinajstić information content (AvgIpc) is 2.26. The van der Waals surface area contributed by atoms with E-state index in [1.807, 2.05) is 24.3 Å². The number of ether oxygens (including phenoxy) is 1. The van der Waals surface area contributed by atoms with Crippen molar-refractivity contribution in [2.75, 3.05) is 7.11 Å². The Hall–Kier alpha value is -1.55. The Bertz CT molecular complexity index is 320. The molecule has 1 atom stereocenters. The summed E-state index contributed by atoms with van der Waals surface area (Å²) >= 11 is 0. The molecule has 0 aliphatic heterocycles. The van der Waals surface area contributed by atoms with E-state index in [-0.39, 0.29) is 5.91 Å². The van der Waals surface area contributed by atoms with Crippen molar-refractivity contribution in [2.45, 2.75) is 19.5 Å². The molecule has 0 saturated heterocycles. The molecule has 1 aromatic rings. The van der Waals surface area contributed by atoms with Crippen molar-refractivity contribution in [3.63, 3.8) is 0 Å². The van der Waals surface area contributed by atoms with Crippen molar-refractivity contribution in [1.82, 2.24) is 5.32 Å². The summed E-state index contributed by atoms with van der Waals surface area (Å²) in [6.07, 6.45) is 0. The van der Waals surface area contributed by atoms with Crippen molar-refractivity contribution in [3.05, 3.63) is 29.8 Å². The molecule has 0 radical (unpaired) electrons. The maximum absolute atomic E-state index is 11.2. The Kier molecular flexibility index (Phi) is 4.12. The number of carbonyl (C=O) groups is 1. The van der Waals surface area contributed by atoms with E-state index in [0.717, 1.165) is 11.3 Å². The Balaban J connectivity index is 2.47. The summed E-state index contributed by atoms with van der Waals surface area (Å²) in [4.78, 5) is 11.2. The van der Waals surface area contributed by atoms with Gasteiger partial charge in [-0.15, -0.1) is 0 Å². The fraction of sp³-hybridized carbons (Fsp3) is 0.364. The van der Waals surface area contributed by atoms with Crippen LogP contribution in [0.25, 0.3) is 0 Å². The van der Waals surface area contributed by atoms with Gasteiger partial charge < -0.3 is 15.8 Å². The van der Waals surface area contributed by atoms with Gasteiger partial charge in [0, 0.05) is 6.54 Å². The molecule has 0 fully saturated rings. The van der Waals surface area contributed by atoms with Crippen molar-refractivity contribution < 1.29 is 9.53 Å². The minimum absolute atomic E-state index is 0.147. The number of hydrogen-bond donors (Lipinski definition) is 2. The SMILES string of the molecule is COc1ccc(CNC(=O)C(C)N)cc1. The first-order chi connectivity index (χ1) is 7.13. The van der Waals surface area contributed by atoms with Gasteiger partial charge in [0.05, 0.1) is 13.2 Å². The molecular weight excluding hydrogens is 192 g/mol. The number of amides is 1. The average molecular weight is 208 g/mol. The minimum atomic E-state index is -0.469. The van der Waals surface area contributed by atoms with E-state index in [2.05, 4.69) is 5.32 Å². The Morgan fingerprint density at radius 3 is 2.53 bits per heavy atom. The first-order valence-corrected chi connectivity index (χ1v) is 4.79. The fourth-order valence-electron chi connectivity index (χ4n) is 1.09. The molecule has 3 N–H and O–H groups in total. The summed E-state index contributed by atoms with van der Waals surface area (Å²) in [5.41, 5.74) is 6.43. The van der Waals surface area contributed by atoms with Crippen LogP contribution in [0.5, 0.6) is 5.75 Å². The zero-order valence-electron chi connectivity index (χ0n) is 8.99. The van der Waals surface area contributed by atoms with Crippen LogP contribution in [0.2, 0.25) is 0 Å². The first kappa shape index (κ1) is 11.5. The minimum Gasteiger partial charge on any atom is -0.497 e. The van der Waals surface area contributed by atoms with Crippen LogP contribution in [-0.2, 0) is 11.3 Å². The zero-order valence-corrected chi connectivity index (χ0v) is 8.99. The van der Waals surface area contributed by atoms with Crippen molar-refractivity contribution >= 4 is 5.91 Å². The lowest BCUT2D eigenvalue weighted by molar-refractivity contribution is -0.122. The maximum Gasteiger partial charge on any atom is 0.236 e. The van der Waals surface area contributed by atoms with Gasteiger partial charge in [-0.25, -0.2) is 0 Å². The van der Waals surface area contributed by atoms with E-state index in [1.165, 1.54) is 0 Å². The number of methoxy groups -OCH3 is 1. The summed E-state index contributed by atoms with van der Waals surface area (Å²) in [6, 6.07) is 7.05. The smallest absolute Gasteiger partial charge is 0.236 e. The molecular formula is C11H16N2O2. The monoisotopic (exact) mass is 208 g/mol. The lowest BCUT2D eigenvalue weighted by Gasteiger charge is -2.08. The molecule has 1 aromatic carbocycles. The number of hydrogen-bond acceptors (Lipinski definition) is 3. The van der Waals surface area contributed by atoms with E-state index in [1.54, 1.807) is 14.0 Å². The van der Waals surface area contributed by atoms with Crippen LogP contribution < -0.4 is 15.8 Å². The van der Waals surface area contributed by atoms with Crippen LogP contribution in [0.4, 0.5) is 0 Å². The highest BCUT2D eigenvalue weighted by atomic mass is 16.5. The van der Waals surface area contributed by atoms with E-state index in [0.29, 0.717) is 6.54 Å². The normalized spacial score (nSPS) is 11.9. The summed E-state index contributed by atoms with van der Waals surface area (Å²) in [5.74, 6) is 0.656. The molecule has 1 rings (SSSR count). The molecule has 0 heterocycles. The van der Waals surface area contributed by atoms with E-state index in [9.17, 15) is 4.79 Å². The number of benzene rings is 1. The molecule has 0 spiro atoms. The predicted molar refractivity (Wildman–Crippen MR) is 58.5 cm³/mol. The van der Waals surface area contributed by atoms with Crippen LogP contribution in [0, 0.1) is 0 Å². The van der Waals surface area contributed by atoms with Crippen LogP contribution in [-0.4, -0.2) is 19.1 Å². The summed E-state index contributed by atoms with van der Waals surface area (Å²) in [6.45, 7) is 2.15. The summed E-state index contributed by atoms with van der Waals surface area (Å²) in [5, 5.41) is 2.73. The van der Waals surface area contributed by atoms with Gasteiger partial charge in [-0.3, -0.25) is 4.79 Å². The van der Waals surface area contributed by atoms with Crippen LogP contribution in [0.1, 0.15) is 12.5 Å². The molecule has 1 unspecified atom stereocenters. The van der Waals surface area contributed by atoms with Gasteiger partial charge in [0.1, 0.15) is 5.75 Å². The molecule has 15 heavy (non-hydrogen) atoms. The molecule has 4 nitrogen and oxygen atoms in total. The second kappa shape index (κ2) is 5.36. The van der Waals surface area contributed by atoms with Gasteiger partial charge in [-0.1, -0.05) is 12.1 Å². The van der Waals surface area contributed by atoms with Crippen molar-refractivity contribution in [2.24, 2.45) is 5.73 Å². The van der Waals surface area contributed by atoms with Crippen molar-refractivity contribution in [1.29, 1.82) is 0 Å². The number of nitrogens with two attached hydrogens (primary N) is 1. The van der Waals surface area contributed by atoms with Gasteiger partial charge in [-0.05, 0) is 24.6 Å². The summed E-state index contributed by atoms with van der Waals surface area (Å²) < 4.78 is 5.03. The third kappa shape index (κ3) is 3.59. The van der Waals surface area contributed by atoms with E-state index < -0.39 is 6.04 Å². The molecule has 1 amide bonds. The quantitative estimate of drug-likeness (QED) is 0.764. The third-order valence-electron chi connectivity index (χ3n) is 2.04. The number of carbonyl (C=O) groups excluding carboxylic acids is 1. The van der Waals surface area contributed by atoms with E-state index >= 15 is 0 Å². The van der Waals surface area contributed by atoms with Gasteiger partial charge >= 0.3 is 0 Å². The van der Waals surface area contributed by atoms with Crippen molar-refractivity contribution in [3.8, 4) is 5.75 Å². The Labute approximate surface area is 89.4 Å². The predicted octanol–water partition coefficient (Wildman–Crippen LogP) is 0.659. The number of rotatable bonds is 4. The third-order valence-corrected chi connectivity index (χ3v) is 2.04. The fourth-order valence-corrected chi connectivity index (χ4v) is 1.09. The second-order valence-corrected chi connectivity index (χ2v) is 3.35. The highest BCUT2D eigenvalue weighted by Crippen LogP contribution is 2.10. The lowest BCUT2D eigenvalue weighted by Crippen LogP contribution is -2.37. The molecule has 0 aliphatic carbocycles. The van der Waals surface area contributed by atoms with Gasteiger partial charge in [0.2, 0.25) is 5.91 Å². The highest BCUT2D eigenvalue weighted by molar-refractivity contribution is 5.80. The second-order valence-electron chi connectivity index (χ2n) is 3.35. The molecule has 0 bridgehead atoms. The van der Waals surface area contributed by atoms with Gasteiger partial charge in [0.15, 0.2) is 0 Å². The topological polar surface area (TPSA) is 64.3 Å². The van der Waals surface area contributed by atoms with Gasteiger partial charge in [0.25, 0.3) is 0 Å².